The van der Waals surface area contributed by atoms with Crippen LogP contribution in [0, 0.1) is 0 Å². The summed E-state index contributed by atoms with van der Waals surface area (Å²) in [6.07, 6.45) is 6.50. The van der Waals surface area contributed by atoms with Crippen LogP contribution in [-0.4, -0.2) is 41.0 Å². The Hall–Kier alpha value is -1.59. The number of amides is 1. The third-order valence-corrected chi connectivity index (χ3v) is 5.64. The minimum atomic E-state index is -0.696. The molecule has 1 aliphatic rings. The maximum Gasteiger partial charge on any atom is 0.407 e. The lowest BCUT2D eigenvalue weighted by Gasteiger charge is -2.39. The van der Waals surface area contributed by atoms with Gasteiger partial charge in [0.25, 0.3) is 0 Å². The van der Waals surface area contributed by atoms with Gasteiger partial charge in [0.1, 0.15) is 5.60 Å². The van der Waals surface area contributed by atoms with E-state index in [0.29, 0.717) is 13.0 Å². The highest BCUT2D eigenvalue weighted by molar-refractivity contribution is 5.68. The fourth-order valence-corrected chi connectivity index (χ4v) is 3.96. The molecule has 0 unspecified atom stereocenters. The van der Waals surface area contributed by atoms with E-state index in [2.05, 4.69) is 17.6 Å². The van der Waals surface area contributed by atoms with Gasteiger partial charge in [0.15, 0.2) is 0 Å². The van der Waals surface area contributed by atoms with Gasteiger partial charge in [-0.25, -0.2) is 4.79 Å². The molecule has 5 nitrogen and oxygen atoms in total. The third kappa shape index (κ3) is 7.44. The molecule has 158 valence electrons. The summed E-state index contributed by atoms with van der Waals surface area (Å²) >= 11 is 0. The molecule has 0 spiro atoms. The van der Waals surface area contributed by atoms with Crippen LogP contribution in [0.15, 0.2) is 30.3 Å². The summed E-state index contributed by atoms with van der Waals surface area (Å²) in [5.41, 5.74) is 0.618. The Morgan fingerprint density at radius 1 is 1.18 bits per heavy atom. The van der Waals surface area contributed by atoms with Crippen molar-refractivity contribution in [1.29, 1.82) is 0 Å². The third-order valence-electron chi connectivity index (χ3n) is 5.64. The van der Waals surface area contributed by atoms with Crippen LogP contribution >= 0.6 is 0 Å². The SMILES string of the molecule is CCC1(NC[C@@H](O)[C@H](Cc2ccccc2)NC(=O)OC(C)(C)C)CCCCC1. The van der Waals surface area contributed by atoms with Crippen LogP contribution < -0.4 is 10.6 Å². The molecule has 1 fully saturated rings. The van der Waals surface area contributed by atoms with Crippen LogP contribution in [0.3, 0.4) is 0 Å². The van der Waals surface area contributed by atoms with Crippen LogP contribution in [0.25, 0.3) is 0 Å². The number of nitrogens with one attached hydrogen (secondary N) is 2. The summed E-state index contributed by atoms with van der Waals surface area (Å²) in [7, 11) is 0. The van der Waals surface area contributed by atoms with Gasteiger partial charge in [-0.1, -0.05) is 56.5 Å². The summed E-state index contributed by atoms with van der Waals surface area (Å²) in [5, 5.41) is 17.4. The molecule has 1 aromatic carbocycles. The Labute approximate surface area is 170 Å². The van der Waals surface area contributed by atoms with Gasteiger partial charge in [-0.3, -0.25) is 0 Å². The van der Waals surface area contributed by atoms with Crippen molar-refractivity contribution in [3.8, 4) is 0 Å². The number of β-amino-alcohol motifs (C(OH)–C–C–N with tert-alkyl or cyclic N) is 1. The molecular formula is C23H38N2O3. The second-order valence-corrected chi connectivity index (χ2v) is 9.09. The van der Waals surface area contributed by atoms with E-state index in [1.807, 2.05) is 51.1 Å². The summed E-state index contributed by atoms with van der Waals surface area (Å²) < 4.78 is 5.41. The van der Waals surface area contributed by atoms with Gasteiger partial charge < -0.3 is 20.5 Å². The fraction of sp³-hybridized carbons (Fsp3) is 0.696. The average Bonchev–Trinajstić information content (AvgIpc) is 2.65. The van der Waals surface area contributed by atoms with Crippen molar-refractivity contribution in [2.24, 2.45) is 0 Å². The van der Waals surface area contributed by atoms with Crippen molar-refractivity contribution in [2.45, 2.75) is 95.9 Å². The standard InChI is InChI=1S/C23H38N2O3/c1-5-23(14-10-7-11-15-23)24-17-20(26)19(16-18-12-8-6-9-13-18)25-21(27)28-22(2,3)4/h6,8-9,12-13,19-20,24,26H,5,7,10-11,14-17H2,1-4H3,(H,25,27)/t19-,20+/m0/s1. The number of benzene rings is 1. The van der Waals surface area contributed by atoms with E-state index >= 15 is 0 Å². The molecule has 1 saturated carbocycles. The summed E-state index contributed by atoms with van der Waals surface area (Å²) in [5.74, 6) is 0. The van der Waals surface area contributed by atoms with Gasteiger partial charge in [-0.15, -0.1) is 0 Å². The van der Waals surface area contributed by atoms with Crippen molar-refractivity contribution in [3.63, 3.8) is 0 Å². The maximum atomic E-state index is 12.3. The fourth-order valence-electron chi connectivity index (χ4n) is 3.96. The molecule has 1 aliphatic carbocycles. The lowest BCUT2D eigenvalue weighted by Crippen LogP contribution is -2.54. The molecule has 0 aromatic heterocycles. The van der Waals surface area contributed by atoms with Gasteiger partial charge in [0, 0.05) is 12.1 Å². The average molecular weight is 391 g/mol. The molecule has 3 N–H and O–H groups in total. The number of carbonyl (C=O) groups is 1. The van der Waals surface area contributed by atoms with Crippen molar-refractivity contribution in [1.82, 2.24) is 10.6 Å². The van der Waals surface area contributed by atoms with Crippen molar-refractivity contribution in [3.05, 3.63) is 35.9 Å². The van der Waals surface area contributed by atoms with Gasteiger partial charge in [-0.2, -0.15) is 0 Å². The van der Waals surface area contributed by atoms with Crippen molar-refractivity contribution in [2.75, 3.05) is 6.54 Å². The van der Waals surface area contributed by atoms with Gasteiger partial charge >= 0.3 is 6.09 Å². The molecule has 5 heteroatoms. The Bertz CT molecular complexity index is 592. The van der Waals surface area contributed by atoms with E-state index < -0.39 is 23.8 Å². The minimum Gasteiger partial charge on any atom is -0.444 e. The first-order chi connectivity index (χ1) is 13.2. The monoisotopic (exact) mass is 390 g/mol. The molecule has 0 radical (unpaired) electrons. The largest absolute Gasteiger partial charge is 0.444 e. The van der Waals surface area contributed by atoms with Gasteiger partial charge in [-0.05, 0) is 52.0 Å². The molecular weight excluding hydrogens is 352 g/mol. The van der Waals surface area contributed by atoms with Crippen LogP contribution in [0.5, 0.6) is 0 Å². The molecule has 0 bridgehead atoms. The number of aliphatic hydroxyl groups excluding tert-OH is 1. The zero-order chi connectivity index (χ0) is 20.6. The van der Waals surface area contributed by atoms with Crippen LogP contribution in [-0.2, 0) is 11.2 Å². The number of rotatable bonds is 8. The van der Waals surface area contributed by atoms with Crippen LogP contribution in [0.1, 0.15) is 71.8 Å². The Morgan fingerprint density at radius 2 is 1.82 bits per heavy atom. The van der Waals surface area contributed by atoms with E-state index in [-0.39, 0.29) is 5.54 Å². The number of aliphatic hydroxyl groups is 1. The highest BCUT2D eigenvalue weighted by atomic mass is 16.6. The Balaban J connectivity index is 2.02. The second kappa shape index (κ2) is 10.3. The zero-order valence-corrected chi connectivity index (χ0v) is 18.0. The summed E-state index contributed by atoms with van der Waals surface area (Å²) in [4.78, 5) is 12.3. The van der Waals surface area contributed by atoms with E-state index in [9.17, 15) is 9.90 Å². The molecule has 0 saturated heterocycles. The molecule has 1 aromatic rings. The van der Waals surface area contributed by atoms with Crippen molar-refractivity contribution >= 4 is 6.09 Å². The van der Waals surface area contributed by atoms with E-state index in [4.69, 9.17) is 4.74 Å². The normalized spacial score (nSPS) is 18.9. The molecule has 1 amide bonds. The first-order valence-corrected chi connectivity index (χ1v) is 10.7. The van der Waals surface area contributed by atoms with Crippen LogP contribution in [0.2, 0.25) is 0 Å². The number of hydrogen-bond donors (Lipinski definition) is 3. The lowest BCUT2D eigenvalue weighted by atomic mass is 9.79. The minimum absolute atomic E-state index is 0.114. The predicted molar refractivity (Wildman–Crippen MR) is 113 cm³/mol. The summed E-state index contributed by atoms with van der Waals surface area (Å²) in [6, 6.07) is 9.52. The van der Waals surface area contributed by atoms with E-state index in [1.54, 1.807) is 0 Å². The first kappa shape index (κ1) is 22.7. The predicted octanol–water partition coefficient (Wildman–Crippen LogP) is 4.19. The lowest BCUT2D eigenvalue weighted by molar-refractivity contribution is 0.0408. The number of hydrogen-bond acceptors (Lipinski definition) is 4. The Kier molecular flexibility index (Phi) is 8.32. The van der Waals surface area contributed by atoms with E-state index in [0.717, 1.165) is 24.8 Å². The topological polar surface area (TPSA) is 70.6 Å². The molecule has 2 rings (SSSR count). The molecule has 0 aliphatic heterocycles. The molecule has 0 heterocycles. The number of alkyl carbamates (subject to hydrolysis) is 1. The molecule has 2 atom stereocenters. The highest BCUT2D eigenvalue weighted by Gasteiger charge is 2.32. The highest BCUT2D eigenvalue weighted by Crippen LogP contribution is 2.30. The number of carbonyl (C=O) groups excluding carboxylic acids is 1. The van der Waals surface area contributed by atoms with Crippen LogP contribution in [0.4, 0.5) is 4.79 Å². The first-order valence-electron chi connectivity index (χ1n) is 10.7. The summed E-state index contributed by atoms with van der Waals surface area (Å²) in [6.45, 7) is 8.19. The quantitative estimate of drug-likeness (QED) is 0.623. The zero-order valence-electron chi connectivity index (χ0n) is 18.0. The van der Waals surface area contributed by atoms with Gasteiger partial charge in [0.05, 0.1) is 12.1 Å². The maximum absolute atomic E-state index is 12.3. The smallest absolute Gasteiger partial charge is 0.407 e. The van der Waals surface area contributed by atoms with Crippen molar-refractivity contribution < 1.29 is 14.6 Å². The second-order valence-electron chi connectivity index (χ2n) is 9.09. The number of ether oxygens (including phenoxy) is 1. The van der Waals surface area contributed by atoms with E-state index in [1.165, 1.54) is 19.3 Å². The Morgan fingerprint density at radius 3 is 2.39 bits per heavy atom. The van der Waals surface area contributed by atoms with Gasteiger partial charge in [0.2, 0.25) is 0 Å². The molecule has 28 heavy (non-hydrogen) atoms.